The van der Waals surface area contributed by atoms with Crippen molar-refractivity contribution in [3.8, 4) is 0 Å². The van der Waals surface area contributed by atoms with E-state index in [4.69, 9.17) is 4.74 Å². The van der Waals surface area contributed by atoms with E-state index < -0.39 is 5.97 Å². The van der Waals surface area contributed by atoms with E-state index in [-0.39, 0.29) is 5.69 Å². The van der Waals surface area contributed by atoms with Crippen LogP contribution in [0.3, 0.4) is 0 Å². The highest BCUT2D eigenvalue weighted by molar-refractivity contribution is 5.92. The van der Waals surface area contributed by atoms with E-state index in [1.807, 2.05) is 6.07 Å². The molecule has 1 amide bonds. The standard InChI is InChI=1S/C13H12N2O3/c1-2-18-13(17)11-6-4-9-3-5-10(14-8-16)7-12(9)15-11/h3-8H,2H2,1H3,(H,14,16). The van der Waals surface area contributed by atoms with Crippen LogP contribution in [0, 0.1) is 0 Å². The van der Waals surface area contributed by atoms with Crippen LogP contribution in [0.5, 0.6) is 0 Å². The van der Waals surface area contributed by atoms with E-state index in [1.165, 1.54) is 0 Å². The number of esters is 1. The molecule has 0 spiro atoms. The zero-order chi connectivity index (χ0) is 13.0. The van der Waals surface area contributed by atoms with Crippen LogP contribution < -0.4 is 5.32 Å². The Morgan fingerprint density at radius 3 is 2.89 bits per heavy atom. The summed E-state index contributed by atoms with van der Waals surface area (Å²) in [5.74, 6) is -0.451. The normalized spacial score (nSPS) is 10.1. The monoisotopic (exact) mass is 244 g/mol. The van der Waals surface area contributed by atoms with Gasteiger partial charge >= 0.3 is 5.97 Å². The zero-order valence-corrected chi connectivity index (χ0v) is 9.84. The molecular formula is C13H12N2O3. The van der Waals surface area contributed by atoms with Crippen LogP contribution >= 0.6 is 0 Å². The average molecular weight is 244 g/mol. The van der Waals surface area contributed by atoms with Gasteiger partial charge in [-0.2, -0.15) is 0 Å². The number of ether oxygens (including phenoxy) is 1. The number of hydrogen-bond acceptors (Lipinski definition) is 4. The second kappa shape index (κ2) is 5.27. The van der Waals surface area contributed by atoms with Crippen LogP contribution in [0.4, 0.5) is 5.69 Å². The number of nitrogens with zero attached hydrogens (tertiary/aromatic N) is 1. The summed E-state index contributed by atoms with van der Waals surface area (Å²) in [6.45, 7) is 2.05. The van der Waals surface area contributed by atoms with E-state index in [1.54, 1.807) is 31.2 Å². The number of nitrogens with one attached hydrogen (secondary N) is 1. The van der Waals surface area contributed by atoms with E-state index in [2.05, 4.69) is 10.3 Å². The third-order valence-electron chi connectivity index (χ3n) is 2.40. The molecule has 0 radical (unpaired) electrons. The van der Waals surface area contributed by atoms with Crippen LogP contribution in [0.2, 0.25) is 0 Å². The van der Waals surface area contributed by atoms with Crippen molar-refractivity contribution in [1.82, 2.24) is 4.98 Å². The van der Waals surface area contributed by atoms with Crippen LogP contribution in [-0.2, 0) is 9.53 Å². The van der Waals surface area contributed by atoms with Gasteiger partial charge < -0.3 is 10.1 Å². The van der Waals surface area contributed by atoms with Gasteiger partial charge in [-0.15, -0.1) is 0 Å². The molecule has 5 nitrogen and oxygen atoms in total. The van der Waals surface area contributed by atoms with Crippen molar-refractivity contribution >= 4 is 29.0 Å². The molecule has 18 heavy (non-hydrogen) atoms. The second-order valence-corrected chi connectivity index (χ2v) is 3.59. The maximum atomic E-state index is 11.5. The van der Waals surface area contributed by atoms with E-state index in [9.17, 15) is 9.59 Å². The third kappa shape index (κ3) is 2.45. The highest BCUT2D eigenvalue weighted by atomic mass is 16.5. The summed E-state index contributed by atoms with van der Waals surface area (Å²) in [5, 5.41) is 3.43. The van der Waals surface area contributed by atoms with Crippen molar-refractivity contribution in [2.75, 3.05) is 11.9 Å². The fraction of sp³-hybridized carbons (Fsp3) is 0.154. The van der Waals surface area contributed by atoms with Crippen LogP contribution in [-0.4, -0.2) is 24.0 Å². The number of carbonyl (C=O) groups excluding carboxylic acids is 2. The lowest BCUT2D eigenvalue weighted by molar-refractivity contribution is -0.105. The molecule has 0 bridgehead atoms. The molecule has 0 atom stereocenters. The number of rotatable bonds is 4. The fourth-order valence-corrected chi connectivity index (χ4v) is 1.59. The maximum Gasteiger partial charge on any atom is 0.356 e. The van der Waals surface area contributed by atoms with Gasteiger partial charge in [0.2, 0.25) is 6.41 Å². The van der Waals surface area contributed by atoms with Crippen molar-refractivity contribution in [2.45, 2.75) is 6.92 Å². The number of anilines is 1. The Bertz CT molecular complexity index is 596. The molecule has 0 fully saturated rings. The minimum Gasteiger partial charge on any atom is -0.461 e. The fourth-order valence-electron chi connectivity index (χ4n) is 1.59. The summed E-state index contributed by atoms with van der Waals surface area (Å²) in [7, 11) is 0. The van der Waals surface area contributed by atoms with Gasteiger partial charge in [0.25, 0.3) is 0 Å². The molecular weight excluding hydrogens is 232 g/mol. The summed E-state index contributed by atoms with van der Waals surface area (Å²) >= 11 is 0. The molecule has 0 aliphatic heterocycles. The van der Waals surface area contributed by atoms with Gasteiger partial charge in [-0.3, -0.25) is 4.79 Å². The lowest BCUT2D eigenvalue weighted by atomic mass is 10.2. The number of aromatic nitrogens is 1. The number of benzene rings is 1. The molecule has 1 heterocycles. The van der Waals surface area contributed by atoms with E-state index >= 15 is 0 Å². The topological polar surface area (TPSA) is 68.3 Å². The molecule has 0 saturated carbocycles. The highest BCUT2D eigenvalue weighted by Crippen LogP contribution is 2.18. The first-order valence-corrected chi connectivity index (χ1v) is 5.52. The molecule has 1 aromatic heterocycles. The summed E-state index contributed by atoms with van der Waals surface area (Å²) in [6, 6.07) is 8.70. The summed E-state index contributed by atoms with van der Waals surface area (Å²) < 4.78 is 4.88. The molecule has 0 aliphatic rings. The van der Waals surface area contributed by atoms with Gasteiger partial charge in [0.1, 0.15) is 5.69 Å². The first kappa shape index (κ1) is 12.0. The van der Waals surface area contributed by atoms with Gasteiger partial charge in [-0.05, 0) is 25.1 Å². The zero-order valence-electron chi connectivity index (χ0n) is 9.84. The van der Waals surface area contributed by atoms with Gasteiger partial charge in [-0.25, -0.2) is 9.78 Å². The Kier molecular flexibility index (Phi) is 3.52. The Balaban J connectivity index is 2.41. The minimum absolute atomic E-state index is 0.257. The number of carbonyl (C=O) groups is 2. The largest absolute Gasteiger partial charge is 0.461 e. The molecule has 2 aromatic rings. The van der Waals surface area contributed by atoms with Crippen molar-refractivity contribution in [1.29, 1.82) is 0 Å². The molecule has 1 aromatic carbocycles. The van der Waals surface area contributed by atoms with Gasteiger partial charge in [0.15, 0.2) is 0 Å². The molecule has 1 N–H and O–H groups in total. The van der Waals surface area contributed by atoms with Gasteiger partial charge in [-0.1, -0.05) is 12.1 Å². The number of fused-ring (bicyclic) bond motifs is 1. The van der Waals surface area contributed by atoms with E-state index in [0.717, 1.165) is 5.39 Å². The number of pyridine rings is 1. The molecule has 0 unspecified atom stereocenters. The van der Waals surface area contributed by atoms with Crippen LogP contribution in [0.25, 0.3) is 10.9 Å². The van der Waals surface area contributed by atoms with Gasteiger partial charge in [0.05, 0.1) is 12.1 Å². The predicted molar refractivity (Wildman–Crippen MR) is 67.4 cm³/mol. The molecule has 2 rings (SSSR count). The Morgan fingerprint density at radius 2 is 2.17 bits per heavy atom. The van der Waals surface area contributed by atoms with Crippen molar-refractivity contribution in [3.63, 3.8) is 0 Å². The number of amides is 1. The first-order chi connectivity index (χ1) is 8.74. The minimum atomic E-state index is -0.451. The number of hydrogen-bond donors (Lipinski definition) is 1. The molecule has 5 heteroatoms. The quantitative estimate of drug-likeness (QED) is 0.659. The SMILES string of the molecule is CCOC(=O)c1ccc2ccc(NC=O)cc2n1. The van der Waals surface area contributed by atoms with Crippen molar-refractivity contribution < 1.29 is 14.3 Å². The smallest absolute Gasteiger partial charge is 0.356 e. The Labute approximate surface area is 104 Å². The van der Waals surface area contributed by atoms with Crippen LogP contribution in [0.1, 0.15) is 17.4 Å². The average Bonchev–Trinajstić information content (AvgIpc) is 2.38. The molecule has 0 saturated heterocycles. The van der Waals surface area contributed by atoms with Crippen molar-refractivity contribution in [3.05, 3.63) is 36.0 Å². The Hall–Kier alpha value is -2.43. The van der Waals surface area contributed by atoms with E-state index in [0.29, 0.717) is 24.2 Å². The highest BCUT2D eigenvalue weighted by Gasteiger charge is 2.08. The summed E-state index contributed by atoms with van der Waals surface area (Å²) in [5.41, 5.74) is 1.52. The summed E-state index contributed by atoms with van der Waals surface area (Å²) in [4.78, 5) is 26.1. The lowest BCUT2D eigenvalue weighted by Gasteiger charge is -2.04. The third-order valence-corrected chi connectivity index (χ3v) is 2.40. The Morgan fingerprint density at radius 1 is 1.39 bits per heavy atom. The van der Waals surface area contributed by atoms with Crippen molar-refractivity contribution in [2.24, 2.45) is 0 Å². The second-order valence-electron chi connectivity index (χ2n) is 3.59. The summed E-state index contributed by atoms with van der Waals surface area (Å²) in [6.07, 6.45) is 0.594. The predicted octanol–water partition coefficient (Wildman–Crippen LogP) is 1.98. The molecule has 0 aliphatic carbocycles. The lowest BCUT2D eigenvalue weighted by Crippen LogP contribution is -2.06. The molecule has 92 valence electrons. The van der Waals surface area contributed by atoms with Crippen LogP contribution in [0.15, 0.2) is 30.3 Å². The first-order valence-electron chi connectivity index (χ1n) is 5.52. The maximum absolute atomic E-state index is 11.5. The van der Waals surface area contributed by atoms with Gasteiger partial charge in [0, 0.05) is 11.1 Å².